The van der Waals surface area contributed by atoms with Gasteiger partial charge in [0.15, 0.2) is 0 Å². The first-order chi connectivity index (χ1) is 12.5. The molecule has 0 aliphatic heterocycles. The van der Waals surface area contributed by atoms with E-state index in [-0.39, 0.29) is 5.56 Å². The van der Waals surface area contributed by atoms with E-state index in [9.17, 15) is 18.0 Å². The van der Waals surface area contributed by atoms with Crippen LogP contribution in [0, 0.1) is 17.5 Å². The molecule has 1 heterocycles. The first kappa shape index (κ1) is 17.5. The fourth-order valence-corrected chi connectivity index (χ4v) is 2.48. The van der Waals surface area contributed by atoms with Gasteiger partial charge in [0.25, 0.3) is 5.91 Å². The minimum atomic E-state index is -1.06. The number of aromatic amines is 1. The summed E-state index contributed by atoms with van der Waals surface area (Å²) in [6.07, 6.45) is 3.29. The highest BCUT2D eigenvalue weighted by Gasteiger charge is 2.15. The third-order valence-corrected chi connectivity index (χ3v) is 3.80. The molecule has 2 aromatic carbocycles. The van der Waals surface area contributed by atoms with Gasteiger partial charge in [-0.2, -0.15) is 5.10 Å². The van der Waals surface area contributed by atoms with Crippen LogP contribution in [0.2, 0.25) is 0 Å². The Morgan fingerprint density at radius 1 is 1.19 bits per heavy atom. The van der Waals surface area contributed by atoms with E-state index >= 15 is 0 Å². The van der Waals surface area contributed by atoms with Gasteiger partial charge in [0, 0.05) is 47.1 Å². The van der Waals surface area contributed by atoms with Crippen molar-refractivity contribution in [3.05, 3.63) is 71.3 Å². The molecule has 26 heavy (non-hydrogen) atoms. The predicted molar refractivity (Wildman–Crippen MR) is 88.1 cm³/mol. The highest BCUT2D eigenvalue weighted by molar-refractivity contribution is 5.95. The van der Waals surface area contributed by atoms with Gasteiger partial charge in [-0.05, 0) is 18.2 Å². The van der Waals surface area contributed by atoms with E-state index in [4.69, 9.17) is 4.74 Å². The standard InChI is InChI=1S/C18H14F3N3O2/c1-26-17-4-10(2-3-13(17)11-7-23-24-8-11)18(25)22-9-14-15(20)5-12(19)6-16(14)21/h2-8H,9H2,1H3,(H,22,25)(H,23,24). The van der Waals surface area contributed by atoms with E-state index in [2.05, 4.69) is 15.5 Å². The lowest BCUT2D eigenvalue weighted by molar-refractivity contribution is 0.0950. The van der Waals surface area contributed by atoms with Crippen molar-refractivity contribution in [2.24, 2.45) is 0 Å². The average Bonchev–Trinajstić information content (AvgIpc) is 3.14. The lowest BCUT2D eigenvalue weighted by atomic mass is 10.0. The number of hydrogen-bond acceptors (Lipinski definition) is 3. The van der Waals surface area contributed by atoms with Crippen LogP contribution in [0.3, 0.4) is 0 Å². The summed E-state index contributed by atoms with van der Waals surface area (Å²) in [4.78, 5) is 12.3. The molecule has 8 heteroatoms. The van der Waals surface area contributed by atoms with Gasteiger partial charge in [0.2, 0.25) is 0 Å². The normalized spacial score (nSPS) is 10.6. The van der Waals surface area contributed by atoms with Crippen LogP contribution in [0.4, 0.5) is 13.2 Å². The Balaban J connectivity index is 1.78. The molecule has 134 valence electrons. The molecular weight excluding hydrogens is 347 g/mol. The number of halogens is 3. The SMILES string of the molecule is COc1cc(C(=O)NCc2c(F)cc(F)cc2F)ccc1-c1cn[nH]c1. The van der Waals surface area contributed by atoms with Crippen LogP contribution < -0.4 is 10.1 Å². The molecular formula is C18H14F3N3O2. The Morgan fingerprint density at radius 2 is 1.92 bits per heavy atom. The number of hydrogen-bond donors (Lipinski definition) is 2. The minimum absolute atomic E-state index is 0.247. The zero-order valence-corrected chi connectivity index (χ0v) is 13.6. The van der Waals surface area contributed by atoms with E-state index in [1.165, 1.54) is 13.2 Å². The van der Waals surface area contributed by atoms with Crippen molar-refractivity contribution < 1.29 is 22.7 Å². The highest BCUT2D eigenvalue weighted by atomic mass is 19.1. The maximum Gasteiger partial charge on any atom is 0.251 e. The fourth-order valence-electron chi connectivity index (χ4n) is 2.48. The number of benzene rings is 2. The summed E-state index contributed by atoms with van der Waals surface area (Å²) in [5.41, 5.74) is 1.34. The van der Waals surface area contributed by atoms with Crippen LogP contribution in [-0.2, 0) is 6.54 Å². The van der Waals surface area contributed by atoms with E-state index in [1.54, 1.807) is 24.5 Å². The van der Waals surface area contributed by atoms with Crippen molar-refractivity contribution in [2.45, 2.75) is 6.54 Å². The fraction of sp³-hybridized carbons (Fsp3) is 0.111. The second-order valence-electron chi connectivity index (χ2n) is 5.43. The van der Waals surface area contributed by atoms with E-state index in [0.717, 1.165) is 11.1 Å². The zero-order valence-electron chi connectivity index (χ0n) is 13.6. The predicted octanol–water partition coefficient (Wildman–Crippen LogP) is 3.43. The van der Waals surface area contributed by atoms with Crippen LogP contribution in [0.15, 0.2) is 42.7 Å². The first-order valence-corrected chi connectivity index (χ1v) is 7.58. The molecule has 5 nitrogen and oxygen atoms in total. The molecule has 3 rings (SSSR count). The number of methoxy groups -OCH3 is 1. The van der Waals surface area contributed by atoms with Crippen LogP contribution in [-0.4, -0.2) is 23.2 Å². The zero-order chi connectivity index (χ0) is 18.7. The van der Waals surface area contributed by atoms with Gasteiger partial charge in [0.1, 0.15) is 23.2 Å². The third-order valence-electron chi connectivity index (χ3n) is 3.80. The number of rotatable bonds is 5. The number of ether oxygens (including phenoxy) is 1. The number of aromatic nitrogens is 2. The highest BCUT2D eigenvalue weighted by Crippen LogP contribution is 2.30. The third kappa shape index (κ3) is 3.53. The Kier molecular flexibility index (Phi) is 4.92. The van der Waals surface area contributed by atoms with Crippen molar-refractivity contribution in [1.29, 1.82) is 0 Å². The van der Waals surface area contributed by atoms with Crippen LogP contribution in [0.25, 0.3) is 11.1 Å². The molecule has 0 saturated heterocycles. The largest absolute Gasteiger partial charge is 0.496 e. The Bertz CT molecular complexity index is 920. The summed E-state index contributed by atoms with van der Waals surface area (Å²) in [5, 5.41) is 8.95. The summed E-state index contributed by atoms with van der Waals surface area (Å²) < 4.78 is 45.5. The van der Waals surface area contributed by atoms with Gasteiger partial charge in [-0.15, -0.1) is 0 Å². The number of H-pyrrole nitrogens is 1. The van der Waals surface area contributed by atoms with Gasteiger partial charge in [-0.1, -0.05) is 0 Å². The second-order valence-corrected chi connectivity index (χ2v) is 5.43. The molecule has 1 amide bonds. The topological polar surface area (TPSA) is 67.0 Å². The number of amides is 1. The minimum Gasteiger partial charge on any atom is -0.496 e. The number of carbonyl (C=O) groups is 1. The monoisotopic (exact) mass is 361 g/mol. The first-order valence-electron chi connectivity index (χ1n) is 7.58. The molecule has 0 spiro atoms. The quantitative estimate of drug-likeness (QED) is 0.732. The molecule has 2 N–H and O–H groups in total. The number of nitrogens with one attached hydrogen (secondary N) is 2. The Hall–Kier alpha value is -3.29. The van der Waals surface area contributed by atoms with Crippen LogP contribution >= 0.6 is 0 Å². The van der Waals surface area contributed by atoms with Gasteiger partial charge in [0.05, 0.1) is 13.3 Å². The maximum absolute atomic E-state index is 13.6. The van der Waals surface area contributed by atoms with E-state index < -0.39 is 35.5 Å². The Labute approximate surface area is 146 Å². The summed E-state index contributed by atoms with van der Waals surface area (Å²) in [6, 6.07) is 5.87. The smallest absolute Gasteiger partial charge is 0.251 e. The lowest BCUT2D eigenvalue weighted by Gasteiger charge is -2.11. The number of carbonyl (C=O) groups excluding carboxylic acids is 1. The van der Waals surface area contributed by atoms with Gasteiger partial charge >= 0.3 is 0 Å². The van der Waals surface area contributed by atoms with Crippen molar-refractivity contribution in [3.8, 4) is 16.9 Å². The van der Waals surface area contributed by atoms with Gasteiger partial charge in [-0.3, -0.25) is 9.89 Å². The van der Waals surface area contributed by atoms with E-state index in [1.807, 2.05) is 0 Å². The van der Waals surface area contributed by atoms with Crippen LogP contribution in [0.5, 0.6) is 5.75 Å². The van der Waals surface area contributed by atoms with E-state index in [0.29, 0.717) is 17.9 Å². The maximum atomic E-state index is 13.6. The summed E-state index contributed by atoms with van der Waals surface area (Å²) in [7, 11) is 1.46. The van der Waals surface area contributed by atoms with Crippen molar-refractivity contribution in [1.82, 2.24) is 15.5 Å². The van der Waals surface area contributed by atoms with Gasteiger partial charge in [-0.25, -0.2) is 13.2 Å². The molecule has 0 atom stereocenters. The summed E-state index contributed by atoms with van der Waals surface area (Å²) >= 11 is 0. The molecule has 3 aromatic rings. The average molecular weight is 361 g/mol. The van der Waals surface area contributed by atoms with Crippen molar-refractivity contribution in [3.63, 3.8) is 0 Å². The van der Waals surface area contributed by atoms with Crippen LogP contribution in [0.1, 0.15) is 15.9 Å². The Morgan fingerprint density at radius 3 is 2.54 bits per heavy atom. The van der Waals surface area contributed by atoms with Gasteiger partial charge < -0.3 is 10.1 Å². The molecule has 0 aliphatic carbocycles. The molecule has 0 radical (unpaired) electrons. The molecule has 0 fully saturated rings. The number of nitrogens with zero attached hydrogens (tertiary/aromatic N) is 1. The summed E-state index contributed by atoms with van der Waals surface area (Å²) in [5.74, 6) is -3.25. The molecule has 0 aliphatic rings. The molecule has 1 aromatic heterocycles. The van der Waals surface area contributed by atoms with Crippen molar-refractivity contribution in [2.75, 3.05) is 7.11 Å². The summed E-state index contributed by atoms with van der Waals surface area (Å²) in [6.45, 7) is -0.414. The van der Waals surface area contributed by atoms with Crippen molar-refractivity contribution >= 4 is 5.91 Å². The molecule has 0 unspecified atom stereocenters. The lowest BCUT2D eigenvalue weighted by Crippen LogP contribution is -2.24. The molecule has 0 saturated carbocycles. The second kappa shape index (κ2) is 7.30. The molecule has 0 bridgehead atoms.